The van der Waals surface area contributed by atoms with Crippen molar-refractivity contribution in [1.29, 1.82) is 0 Å². The lowest BCUT2D eigenvalue weighted by Gasteiger charge is -2.28. The van der Waals surface area contributed by atoms with Gasteiger partial charge in [-0.2, -0.15) is 4.31 Å². The molecule has 0 radical (unpaired) electrons. The molecule has 0 spiro atoms. The van der Waals surface area contributed by atoms with Crippen molar-refractivity contribution in [2.75, 3.05) is 26.3 Å². The molecule has 5 nitrogen and oxygen atoms in total. The Balaban J connectivity index is 1.91. The first-order chi connectivity index (χ1) is 10.00. The molecule has 0 amide bonds. The van der Waals surface area contributed by atoms with E-state index in [9.17, 15) is 8.42 Å². The van der Waals surface area contributed by atoms with Gasteiger partial charge in [-0.15, -0.1) is 11.3 Å². The number of sulfonamides is 1. The standard InChI is InChI=1S/C14H19NO4S2/c1-10-3-5-15(9-11(10)2)21(16,17)14-12(4-8-20-14)13-18-6-7-19-13/h4,8,13H,3,5-7,9H2,1-2H3. The minimum absolute atomic E-state index is 0.349. The maximum atomic E-state index is 12.9. The average Bonchev–Trinajstić information content (AvgIpc) is 3.11. The van der Waals surface area contributed by atoms with Crippen LogP contribution in [0.4, 0.5) is 0 Å². The third-order valence-corrected chi connectivity index (χ3v) is 7.32. The molecule has 2 aliphatic rings. The van der Waals surface area contributed by atoms with Gasteiger partial charge in [-0.05, 0) is 31.7 Å². The summed E-state index contributed by atoms with van der Waals surface area (Å²) in [6, 6.07) is 1.78. The van der Waals surface area contributed by atoms with Crippen LogP contribution in [-0.2, 0) is 19.5 Å². The fourth-order valence-electron chi connectivity index (χ4n) is 2.53. The second-order valence-corrected chi connectivity index (χ2v) is 8.44. The largest absolute Gasteiger partial charge is 0.346 e. The van der Waals surface area contributed by atoms with E-state index in [-0.39, 0.29) is 0 Å². The third kappa shape index (κ3) is 2.80. The van der Waals surface area contributed by atoms with Crippen molar-refractivity contribution in [3.05, 3.63) is 28.2 Å². The molecule has 0 aliphatic carbocycles. The van der Waals surface area contributed by atoms with E-state index in [0.29, 0.717) is 36.1 Å². The van der Waals surface area contributed by atoms with Gasteiger partial charge in [-0.3, -0.25) is 0 Å². The van der Waals surface area contributed by atoms with Crippen molar-refractivity contribution in [1.82, 2.24) is 4.31 Å². The molecular formula is C14H19NO4S2. The highest BCUT2D eigenvalue weighted by molar-refractivity contribution is 7.91. The Hall–Kier alpha value is -0.730. The second kappa shape index (κ2) is 5.81. The molecule has 0 unspecified atom stereocenters. The molecule has 21 heavy (non-hydrogen) atoms. The normalized spacial score (nSPS) is 22.2. The molecule has 2 aliphatic heterocycles. The van der Waals surface area contributed by atoms with Gasteiger partial charge >= 0.3 is 0 Å². The van der Waals surface area contributed by atoms with Gasteiger partial charge in [0.05, 0.1) is 13.2 Å². The summed E-state index contributed by atoms with van der Waals surface area (Å²) in [7, 11) is -3.49. The molecule has 1 fully saturated rings. The summed E-state index contributed by atoms with van der Waals surface area (Å²) < 4.78 is 38.6. The van der Waals surface area contributed by atoms with Crippen LogP contribution in [0.15, 0.2) is 26.8 Å². The van der Waals surface area contributed by atoms with E-state index in [1.165, 1.54) is 16.9 Å². The molecule has 1 aromatic rings. The van der Waals surface area contributed by atoms with Crippen molar-refractivity contribution in [3.8, 4) is 0 Å². The fourth-order valence-corrected chi connectivity index (χ4v) is 5.53. The minimum Gasteiger partial charge on any atom is -0.346 e. The highest BCUT2D eigenvalue weighted by atomic mass is 32.2. The number of hydrogen-bond acceptors (Lipinski definition) is 5. The topological polar surface area (TPSA) is 55.8 Å². The molecule has 0 bridgehead atoms. The van der Waals surface area contributed by atoms with Gasteiger partial charge in [0.25, 0.3) is 10.0 Å². The summed E-state index contributed by atoms with van der Waals surface area (Å²) in [4.78, 5) is 0. The molecule has 3 heterocycles. The van der Waals surface area contributed by atoms with E-state index in [1.807, 2.05) is 6.92 Å². The Morgan fingerprint density at radius 1 is 1.24 bits per heavy atom. The zero-order chi connectivity index (χ0) is 15.0. The fraction of sp³-hybridized carbons (Fsp3) is 0.571. The second-order valence-electron chi connectivity index (χ2n) is 5.39. The van der Waals surface area contributed by atoms with E-state index in [1.54, 1.807) is 15.8 Å². The van der Waals surface area contributed by atoms with Gasteiger partial charge in [0, 0.05) is 18.7 Å². The van der Waals surface area contributed by atoms with E-state index in [2.05, 4.69) is 6.92 Å². The molecule has 116 valence electrons. The van der Waals surface area contributed by atoms with Crippen LogP contribution in [0.2, 0.25) is 0 Å². The van der Waals surface area contributed by atoms with Crippen molar-refractivity contribution in [3.63, 3.8) is 0 Å². The number of nitrogens with zero attached hydrogens (tertiary/aromatic N) is 1. The summed E-state index contributed by atoms with van der Waals surface area (Å²) in [6.45, 7) is 6.08. The maximum Gasteiger partial charge on any atom is 0.253 e. The lowest BCUT2D eigenvalue weighted by Crippen LogP contribution is -2.36. The SMILES string of the molecule is CC1=C(C)CN(S(=O)(=O)c2sccc2C2OCCO2)CC1. The van der Waals surface area contributed by atoms with Gasteiger partial charge in [0.15, 0.2) is 6.29 Å². The van der Waals surface area contributed by atoms with Crippen LogP contribution in [0.1, 0.15) is 32.1 Å². The highest BCUT2D eigenvalue weighted by Crippen LogP contribution is 2.35. The predicted molar refractivity (Wildman–Crippen MR) is 80.7 cm³/mol. The van der Waals surface area contributed by atoms with E-state index in [4.69, 9.17) is 9.47 Å². The molecule has 0 N–H and O–H groups in total. The number of thiophene rings is 1. The maximum absolute atomic E-state index is 12.9. The molecule has 7 heteroatoms. The lowest BCUT2D eigenvalue weighted by atomic mass is 10.1. The van der Waals surface area contributed by atoms with E-state index in [0.717, 1.165) is 12.0 Å². The summed E-state index contributed by atoms with van der Waals surface area (Å²) >= 11 is 1.23. The Morgan fingerprint density at radius 2 is 1.95 bits per heavy atom. The first-order valence-electron chi connectivity index (χ1n) is 6.96. The first kappa shape index (κ1) is 15.2. The zero-order valence-corrected chi connectivity index (χ0v) is 13.8. The highest BCUT2D eigenvalue weighted by Gasteiger charge is 2.34. The number of ether oxygens (including phenoxy) is 2. The Bertz CT molecular complexity index is 656. The van der Waals surface area contributed by atoms with Crippen molar-refractivity contribution >= 4 is 21.4 Å². The zero-order valence-electron chi connectivity index (χ0n) is 12.2. The van der Waals surface area contributed by atoms with Crippen LogP contribution in [0.25, 0.3) is 0 Å². The first-order valence-corrected chi connectivity index (χ1v) is 9.28. The molecule has 0 saturated carbocycles. The monoisotopic (exact) mass is 329 g/mol. The van der Waals surface area contributed by atoms with Crippen LogP contribution in [0.3, 0.4) is 0 Å². The lowest BCUT2D eigenvalue weighted by molar-refractivity contribution is -0.0456. The van der Waals surface area contributed by atoms with Gasteiger partial charge < -0.3 is 9.47 Å². The van der Waals surface area contributed by atoms with Gasteiger partial charge in [0.2, 0.25) is 0 Å². The molecule has 0 aromatic carbocycles. The van der Waals surface area contributed by atoms with E-state index >= 15 is 0 Å². The summed E-state index contributed by atoms with van der Waals surface area (Å²) in [6.07, 6.45) is 0.242. The summed E-state index contributed by atoms with van der Waals surface area (Å²) in [5, 5.41) is 1.78. The van der Waals surface area contributed by atoms with Crippen LogP contribution >= 0.6 is 11.3 Å². The molecule has 3 rings (SSSR count). The minimum atomic E-state index is -3.49. The van der Waals surface area contributed by atoms with Gasteiger partial charge in [-0.1, -0.05) is 11.1 Å². The molecule has 0 atom stereocenters. The van der Waals surface area contributed by atoms with Crippen LogP contribution in [-0.4, -0.2) is 39.0 Å². The Labute approximate surface area is 129 Å². The Morgan fingerprint density at radius 3 is 2.62 bits per heavy atom. The van der Waals surface area contributed by atoms with Gasteiger partial charge in [0.1, 0.15) is 4.21 Å². The average molecular weight is 329 g/mol. The van der Waals surface area contributed by atoms with E-state index < -0.39 is 16.3 Å². The van der Waals surface area contributed by atoms with Gasteiger partial charge in [-0.25, -0.2) is 8.42 Å². The smallest absolute Gasteiger partial charge is 0.253 e. The predicted octanol–water partition coefficient (Wildman–Crippen LogP) is 2.52. The van der Waals surface area contributed by atoms with Crippen LogP contribution in [0, 0.1) is 0 Å². The van der Waals surface area contributed by atoms with Crippen LogP contribution in [0.5, 0.6) is 0 Å². The number of hydrogen-bond donors (Lipinski definition) is 0. The summed E-state index contributed by atoms with van der Waals surface area (Å²) in [5.74, 6) is 0. The number of rotatable bonds is 3. The Kier molecular flexibility index (Phi) is 4.20. The molecular weight excluding hydrogens is 310 g/mol. The third-order valence-electron chi connectivity index (χ3n) is 3.99. The van der Waals surface area contributed by atoms with Crippen LogP contribution < -0.4 is 0 Å². The molecule has 1 aromatic heterocycles. The summed E-state index contributed by atoms with van der Waals surface area (Å²) in [5.41, 5.74) is 3.05. The molecule has 1 saturated heterocycles. The van der Waals surface area contributed by atoms with Crippen molar-refractivity contribution in [2.45, 2.75) is 30.8 Å². The van der Waals surface area contributed by atoms with Crippen molar-refractivity contribution < 1.29 is 17.9 Å². The van der Waals surface area contributed by atoms with Crippen molar-refractivity contribution in [2.24, 2.45) is 0 Å². The quantitative estimate of drug-likeness (QED) is 0.800.